The summed E-state index contributed by atoms with van der Waals surface area (Å²) in [5, 5.41) is 0.475. The van der Waals surface area contributed by atoms with Crippen molar-refractivity contribution in [3.8, 4) is 0 Å². The van der Waals surface area contributed by atoms with E-state index in [4.69, 9.17) is 4.74 Å². The quantitative estimate of drug-likeness (QED) is 0.496. The molecule has 80 valence electrons. The zero-order chi connectivity index (χ0) is 10.8. The molecule has 1 saturated heterocycles. The summed E-state index contributed by atoms with van der Waals surface area (Å²) < 4.78 is 5.22. The van der Waals surface area contributed by atoms with Crippen molar-refractivity contribution in [1.29, 1.82) is 0 Å². The summed E-state index contributed by atoms with van der Waals surface area (Å²) in [6.07, 6.45) is 2.68. The summed E-state index contributed by atoms with van der Waals surface area (Å²) in [7, 11) is 0. The van der Waals surface area contributed by atoms with E-state index in [1.165, 1.54) is 5.57 Å². The molecule has 0 aromatic carbocycles. The summed E-state index contributed by atoms with van der Waals surface area (Å²) in [6, 6.07) is 0. The van der Waals surface area contributed by atoms with Gasteiger partial charge in [-0.2, -0.15) is 11.8 Å². The number of thioether (sulfide) groups is 1. The molecule has 2 nitrogen and oxygen atoms in total. The van der Waals surface area contributed by atoms with Crippen molar-refractivity contribution in [1.82, 2.24) is 0 Å². The van der Waals surface area contributed by atoms with Crippen LogP contribution in [0.3, 0.4) is 0 Å². The highest BCUT2D eigenvalue weighted by Gasteiger charge is 2.20. The molecule has 14 heavy (non-hydrogen) atoms. The van der Waals surface area contributed by atoms with Gasteiger partial charge >= 0.3 is 5.97 Å². The van der Waals surface area contributed by atoms with E-state index in [0.29, 0.717) is 5.25 Å². The first-order chi connectivity index (χ1) is 6.38. The largest absolute Gasteiger partial charge is 0.457 e. The van der Waals surface area contributed by atoms with E-state index in [9.17, 15) is 4.79 Å². The number of hydrogen-bond donors (Lipinski definition) is 0. The maximum atomic E-state index is 11.5. The summed E-state index contributed by atoms with van der Waals surface area (Å²) in [4.78, 5) is 11.5. The lowest BCUT2D eigenvalue weighted by Gasteiger charge is -2.18. The van der Waals surface area contributed by atoms with Gasteiger partial charge in [0.2, 0.25) is 0 Å². The van der Waals surface area contributed by atoms with E-state index in [1.807, 2.05) is 32.5 Å². The van der Waals surface area contributed by atoms with Crippen LogP contribution in [0.5, 0.6) is 0 Å². The molecule has 0 saturated carbocycles. The second-order valence-corrected chi connectivity index (χ2v) is 5.96. The van der Waals surface area contributed by atoms with E-state index in [0.717, 1.165) is 12.2 Å². The number of hydrogen-bond acceptors (Lipinski definition) is 3. The van der Waals surface area contributed by atoms with Crippen LogP contribution in [0.4, 0.5) is 0 Å². The van der Waals surface area contributed by atoms with Crippen LogP contribution >= 0.6 is 11.8 Å². The van der Waals surface area contributed by atoms with Crippen molar-refractivity contribution < 1.29 is 9.53 Å². The second kappa shape index (κ2) is 4.39. The number of carbonyl (C=O) groups is 1. The molecule has 1 fully saturated rings. The van der Waals surface area contributed by atoms with Gasteiger partial charge in [0.25, 0.3) is 0 Å². The van der Waals surface area contributed by atoms with Crippen molar-refractivity contribution in [3.63, 3.8) is 0 Å². The topological polar surface area (TPSA) is 26.3 Å². The highest BCUT2D eigenvalue weighted by Crippen LogP contribution is 2.31. The highest BCUT2D eigenvalue weighted by atomic mass is 32.2. The number of carbonyl (C=O) groups excluding carboxylic acids is 1. The Morgan fingerprint density at radius 3 is 2.64 bits per heavy atom. The molecule has 1 aliphatic heterocycles. The summed E-state index contributed by atoms with van der Waals surface area (Å²) in [6.45, 7) is 7.79. The van der Waals surface area contributed by atoms with Gasteiger partial charge in [-0.05, 0) is 45.4 Å². The second-order valence-electron chi connectivity index (χ2n) is 4.52. The first-order valence-corrected chi connectivity index (χ1v) is 5.98. The molecule has 0 amide bonds. The highest BCUT2D eigenvalue weighted by molar-refractivity contribution is 8.00. The van der Waals surface area contributed by atoms with Gasteiger partial charge in [-0.15, -0.1) is 0 Å². The minimum absolute atomic E-state index is 0.207. The smallest absolute Gasteiger partial charge is 0.331 e. The lowest BCUT2D eigenvalue weighted by atomic mass is 10.1. The molecular weight excluding hydrogens is 196 g/mol. The minimum Gasteiger partial charge on any atom is -0.457 e. The molecule has 1 unspecified atom stereocenters. The van der Waals surface area contributed by atoms with Crippen molar-refractivity contribution in [3.05, 3.63) is 11.6 Å². The third-order valence-electron chi connectivity index (χ3n) is 1.99. The maximum Gasteiger partial charge on any atom is 0.331 e. The van der Waals surface area contributed by atoms with Crippen LogP contribution in [-0.4, -0.2) is 22.6 Å². The summed E-state index contributed by atoms with van der Waals surface area (Å²) >= 11 is 1.89. The van der Waals surface area contributed by atoms with Crippen molar-refractivity contribution >= 4 is 17.7 Å². The molecule has 0 aromatic rings. The molecule has 1 heterocycles. The van der Waals surface area contributed by atoms with Gasteiger partial charge in [-0.1, -0.05) is 0 Å². The monoisotopic (exact) mass is 214 g/mol. The van der Waals surface area contributed by atoms with E-state index in [1.54, 1.807) is 6.08 Å². The van der Waals surface area contributed by atoms with E-state index in [-0.39, 0.29) is 11.6 Å². The fraction of sp³-hybridized carbons (Fsp3) is 0.727. The zero-order valence-electron chi connectivity index (χ0n) is 9.29. The zero-order valence-corrected chi connectivity index (χ0v) is 10.1. The normalized spacial score (nSPS) is 25.4. The Kier molecular flexibility index (Phi) is 3.65. The Labute approximate surface area is 90.1 Å². The van der Waals surface area contributed by atoms with Crippen molar-refractivity contribution in [2.45, 2.75) is 45.0 Å². The van der Waals surface area contributed by atoms with Crippen LogP contribution in [0.15, 0.2) is 11.6 Å². The first-order valence-electron chi connectivity index (χ1n) is 4.93. The third-order valence-corrected chi connectivity index (χ3v) is 3.23. The Hall–Kier alpha value is -0.440. The van der Waals surface area contributed by atoms with Gasteiger partial charge in [-0.3, -0.25) is 0 Å². The SMILES string of the molecule is CC1SCC/C1=C\C(=O)OC(C)(C)C. The van der Waals surface area contributed by atoms with Crippen LogP contribution in [0.2, 0.25) is 0 Å². The number of rotatable bonds is 1. The standard InChI is InChI=1S/C11H18O2S/c1-8-9(5-6-14-8)7-10(12)13-11(2,3)4/h7-8H,5-6H2,1-4H3/b9-7+. The Morgan fingerprint density at radius 1 is 1.57 bits per heavy atom. The van der Waals surface area contributed by atoms with Gasteiger partial charge in [0.05, 0.1) is 0 Å². The van der Waals surface area contributed by atoms with Crippen LogP contribution < -0.4 is 0 Å². The molecule has 0 radical (unpaired) electrons. The summed E-state index contributed by atoms with van der Waals surface area (Å²) in [5.74, 6) is 0.914. The van der Waals surface area contributed by atoms with Crippen LogP contribution in [0.1, 0.15) is 34.1 Å². The van der Waals surface area contributed by atoms with Gasteiger partial charge in [-0.25, -0.2) is 4.79 Å². The molecule has 1 atom stereocenters. The average Bonchev–Trinajstić information content (AvgIpc) is 2.32. The third kappa shape index (κ3) is 3.74. The molecular formula is C11H18O2S. The number of ether oxygens (including phenoxy) is 1. The van der Waals surface area contributed by atoms with E-state index < -0.39 is 0 Å². The van der Waals surface area contributed by atoms with Crippen molar-refractivity contribution in [2.75, 3.05) is 5.75 Å². The molecule has 0 aromatic heterocycles. The molecule has 0 bridgehead atoms. The average molecular weight is 214 g/mol. The minimum atomic E-state index is -0.386. The molecule has 1 aliphatic rings. The van der Waals surface area contributed by atoms with Gasteiger partial charge < -0.3 is 4.74 Å². The van der Waals surface area contributed by atoms with Crippen LogP contribution in [-0.2, 0) is 9.53 Å². The molecule has 0 N–H and O–H groups in total. The Bertz CT molecular complexity index is 251. The lowest BCUT2D eigenvalue weighted by Crippen LogP contribution is -2.23. The molecule has 1 rings (SSSR count). The number of esters is 1. The van der Waals surface area contributed by atoms with Crippen LogP contribution in [0.25, 0.3) is 0 Å². The maximum absolute atomic E-state index is 11.5. The van der Waals surface area contributed by atoms with Crippen LogP contribution in [0, 0.1) is 0 Å². The molecule has 0 aliphatic carbocycles. The fourth-order valence-electron chi connectivity index (χ4n) is 1.34. The predicted molar refractivity (Wildman–Crippen MR) is 60.5 cm³/mol. The Balaban J connectivity index is 2.55. The summed E-state index contributed by atoms with van der Waals surface area (Å²) in [5.41, 5.74) is 0.826. The van der Waals surface area contributed by atoms with Gasteiger partial charge in [0.1, 0.15) is 5.60 Å². The fourth-order valence-corrected chi connectivity index (χ4v) is 2.44. The Morgan fingerprint density at radius 2 is 2.21 bits per heavy atom. The molecule has 3 heteroatoms. The van der Waals surface area contributed by atoms with Crippen molar-refractivity contribution in [2.24, 2.45) is 0 Å². The molecule has 0 spiro atoms. The van der Waals surface area contributed by atoms with E-state index >= 15 is 0 Å². The van der Waals surface area contributed by atoms with Gasteiger partial charge in [0.15, 0.2) is 0 Å². The lowest BCUT2D eigenvalue weighted by molar-refractivity contribution is -0.148. The first kappa shape index (κ1) is 11.6. The predicted octanol–water partition coefficient (Wildman–Crippen LogP) is 2.78. The van der Waals surface area contributed by atoms with Gasteiger partial charge in [0, 0.05) is 11.3 Å². The van der Waals surface area contributed by atoms with E-state index in [2.05, 4.69) is 6.92 Å².